The Labute approximate surface area is 524 Å². The number of benzene rings is 1. The van der Waals surface area contributed by atoms with Gasteiger partial charge in [0, 0.05) is 102 Å². The fraction of sp³-hybridized carbons (Fsp3) is 0.688. The third-order valence-corrected chi connectivity index (χ3v) is 15.8. The molecule has 1 aliphatic rings. The zero-order chi connectivity index (χ0) is 64.8. The van der Waals surface area contributed by atoms with E-state index in [1.165, 1.54) is 25.2 Å². The number of nitrogens with zero attached hydrogens (tertiary/aromatic N) is 3. The van der Waals surface area contributed by atoms with Crippen LogP contribution in [0.15, 0.2) is 23.6 Å². The Morgan fingerprint density at radius 3 is 2.15 bits per heavy atom. The van der Waals surface area contributed by atoms with E-state index in [1.807, 2.05) is 41.7 Å². The van der Waals surface area contributed by atoms with Gasteiger partial charge in [0.25, 0.3) is 11.8 Å². The van der Waals surface area contributed by atoms with Gasteiger partial charge in [0.15, 0.2) is 17.6 Å². The third kappa shape index (κ3) is 30.4. The van der Waals surface area contributed by atoms with Gasteiger partial charge in [-0.3, -0.25) is 48.1 Å². The molecule has 0 bridgehead atoms. The molecule has 0 radical (unpaired) electrons. The Balaban J connectivity index is 1.47. The number of hydrogen-bond acceptors (Lipinski definition) is 20. The van der Waals surface area contributed by atoms with Crippen molar-refractivity contribution in [2.45, 2.75) is 169 Å². The number of ketones is 3. The van der Waals surface area contributed by atoms with Crippen LogP contribution in [0, 0.1) is 29.6 Å². The molecule has 4 N–H and O–H groups in total. The van der Waals surface area contributed by atoms with Crippen LogP contribution in [0.3, 0.4) is 0 Å². The lowest BCUT2D eigenvalue weighted by Crippen LogP contribution is -2.48. The Bertz CT molecular complexity index is 2570. The Kier molecular flexibility index (Phi) is 37.8. The number of esters is 2. The smallest absolute Gasteiger partial charge is 0.308 e. The summed E-state index contributed by atoms with van der Waals surface area (Å²) in [4.78, 5) is 125. The number of likely N-dealkylation sites (tertiary alicyclic amines) is 1. The van der Waals surface area contributed by atoms with Gasteiger partial charge in [-0.2, -0.15) is 0 Å². The van der Waals surface area contributed by atoms with E-state index < -0.39 is 53.5 Å². The molecular formula is C64H98N6O17S. The number of aliphatic hydroxyl groups excluding tert-OH is 1. The Morgan fingerprint density at radius 1 is 0.818 bits per heavy atom. The van der Waals surface area contributed by atoms with Crippen LogP contribution in [0.1, 0.15) is 166 Å². The molecule has 1 saturated heterocycles. The van der Waals surface area contributed by atoms with E-state index in [4.69, 9.17) is 38.3 Å². The summed E-state index contributed by atoms with van der Waals surface area (Å²) < 4.78 is 38.3. The number of ether oxygens (including phenoxy) is 7. The molecule has 88 heavy (non-hydrogen) atoms. The van der Waals surface area contributed by atoms with E-state index in [0.29, 0.717) is 83.2 Å². The Morgan fingerprint density at radius 2 is 1.49 bits per heavy atom. The van der Waals surface area contributed by atoms with Crippen LogP contribution in [-0.2, 0) is 73.2 Å². The summed E-state index contributed by atoms with van der Waals surface area (Å²) in [5.74, 6) is 1.05. The van der Waals surface area contributed by atoms with Crippen molar-refractivity contribution in [2.24, 2.45) is 17.8 Å². The van der Waals surface area contributed by atoms with Gasteiger partial charge < -0.3 is 59.1 Å². The van der Waals surface area contributed by atoms with E-state index in [0.717, 1.165) is 44.2 Å². The van der Waals surface area contributed by atoms with Gasteiger partial charge in [-0.1, -0.05) is 59.9 Å². The number of aromatic nitrogens is 1. The number of carbonyl (C=O) groups excluding carboxylic acids is 9. The molecule has 2 heterocycles. The number of hydrogen-bond donors (Lipinski definition) is 4. The van der Waals surface area contributed by atoms with Crippen molar-refractivity contribution < 1.29 is 81.4 Å². The quantitative estimate of drug-likeness (QED) is 0.0183. The number of nitrogens with one attached hydrogen (secondary N) is 3. The van der Waals surface area contributed by atoms with Crippen molar-refractivity contribution in [3.63, 3.8) is 0 Å². The number of aliphatic hydroxyl groups is 1. The third-order valence-electron chi connectivity index (χ3n) is 14.9. The van der Waals surface area contributed by atoms with E-state index in [2.05, 4.69) is 37.7 Å². The van der Waals surface area contributed by atoms with Crippen molar-refractivity contribution in [3.05, 3.63) is 39.8 Å². The van der Waals surface area contributed by atoms with E-state index in [1.54, 1.807) is 35.5 Å². The first-order chi connectivity index (χ1) is 42.2. The van der Waals surface area contributed by atoms with Gasteiger partial charge in [-0.25, -0.2) is 4.98 Å². The highest BCUT2D eigenvalue weighted by Crippen LogP contribution is 2.33. The molecule has 492 valence electrons. The maximum Gasteiger partial charge on any atom is 0.308 e. The second-order valence-electron chi connectivity index (χ2n) is 22.4. The van der Waals surface area contributed by atoms with Crippen molar-refractivity contribution in [1.29, 1.82) is 0 Å². The molecule has 2 aromatic rings. The number of rotatable bonds is 45. The molecule has 23 nitrogen and oxygen atoms in total. The van der Waals surface area contributed by atoms with E-state index >= 15 is 0 Å². The van der Waals surface area contributed by atoms with Crippen LogP contribution < -0.4 is 20.7 Å². The normalized spacial score (nSPS) is 15.0. The summed E-state index contributed by atoms with van der Waals surface area (Å²) in [5, 5.41) is 19.1. The molecule has 4 amide bonds. The van der Waals surface area contributed by atoms with E-state index in [-0.39, 0.29) is 124 Å². The molecule has 1 aromatic heterocycles. The van der Waals surface area contributed by atoms with Gasteiger partial charge >= 0.3 is 11.9 Å². The molecule has 1 aromatic carbocycles. The van der Waals surface area contributed by atoms with Crippen LogP contribution in [0.4, 0.5) is 5.69 Å². The summed E-state index contributed by atoms with van der Waals surface area (Å²) in [6.45, 7) is 16.2. The van der Waals surface area contributed by atoms with Crippen molar-refractivity contribution in [3.8, 4) is 17.6 Å². The van der Waals surface area contributed by atoms with Gasteiger partial charge in [0.2, 0.25) is 17.6 Å². The van der Waals surface area contributed by atoms with Crippen LogP contribution in [0.5, 0.6) is 5.75 Å². The van der Waals surface area contributed by atoms with Crippen LogP contribution in [-0.4, -0.2) is 191 Å². The minimum atomic E-state index is -0.867. The summed E-state index contributed by atoms with van der Waals surface area (Å²) in [6, 6.07) is 4.01. The fourth-order valence-electron chi connectivity index (χ4n) is 9.95. The maximum absolute atomic E-state index is 14.4. The van der Waals surface area contributed by atoms with Crippen molar-refractivity contribution >= 4 is 69.9 Å². The Hall–Kier alpha value is -6.04. The molecule has 0 unspecified atom stereocenters. The molecule has 1 aliphatic heterocycles. The lowest BCUT2D eigenvalue weighted by atomic mass is 9.83. The lowest BCUT2D eigenvalue weighted by molar-refractivity contribution is -0.149. The SMILES string of the molecule is CCC[C@H](Cc1ccc(OC(C)=O)c(NC(=O)CCOCCCC(=O)C#CC(=O)NCCOCCOCCOCCC(=O)CCCOCCO)c1)NC(=O)c1csc([C@@H](C[C@H](C(C)C)N(C)C(=O)[C@@H](CC(=O)[C@H]2CCCCN2C)[C@@H](C)CC)OC(C)=O)n1. The van der Waals surface area contributed by atoms with Crippen LogP contribution in [0.25, 0.3) is 0 Å². The second kappa shape index (κ2) is 43.6. The number of Topliss-reactive ketones (excluding diaryl/α,β-unsaturated/α-hetero) is 3. The fourth-order valence-corrected chi connectivity index (χ4v) is 10.8. The largest absolute Gasteiger partial charge is 0.455 e. The highest BCUT2D eigenvalue weighted by Gasteiger charge is 2.38. The molecule has 0 saturated carbocycles. The first-order valence-electron chi connectivity index (χ1n) is 31.1. The molecule has 3 rings (SSSR count). The summed E-state index contributed by atoms with van der Waals surface area (Å²) in [6.07, 6.45) is 6.29. The molecule has 0 aliphatic carbocycles. The van der Waals surface area contributed by atoms with Crippen LogP contribution >= 0.6 is 11.3 Å². The highest BCUT2D eigenvalue weighted by molar-refractivity contribution is 7.09. The average molecular weight is 1260 g/mol. The zero-order valence-corrected chi connectivity index (χ0v) is 54.2. The predicted molar refractivity (Wildman–Crippen MR) is 331 cm³/mol. The van der Waals surface area contributed by atoms with Crippen LogP contribution in [0.2, 0.25) is 0 Å². The number of likely N-dealkylation sites (N-methyl/N-ethyl adjacent to an activating group) is 1. The first kappa shape index (κ1) is 76.2. The second-order valence-corrected chi connectivity index (χ2v) is 23.3. The lowest BCUT2D eigenvalue weighted by Gasteiger charge is -2.37. The number of thiazole rings is 1. The molecule has 24 heteroatoms. The molecular weight excluding hydrogens is 1160 g/mol. The van der Waals surface area contributed by atoms with Gasteiger partial charge in [0.05, 0.1) is 77.6 Å². The molecule has 0 spiro atoms. The van der Waals surface area contributed by atoms with Crippen molar-refractivity contribution in [1.82, 2.24) is 25.4 Å². The molecule has 1 fully saturated rings. The monoisotopic (exact) mass is 1250 g/mol. The van der Waals surface area contributed by atoms with E-state index in [9.17, 15) is 43.2 Å². The number of piperidine rings is 1. The van der Waals surface area contributed by atoms with Gasteiger partial charge in [-0.15, -0.1) is 11.3 Å². The highest BCUT2D eigenvalue weighted by atomic mass is 32.1. The van der Waals surface area contributed by atoms with Gasteiger partial charge in [-0.05, 0) is 87.6 Å². The summed E-state index contributed by atoms with van der Waals surface area (Å²) in [5.41, 5.74) is 1.10. The topological polar surface area (TPSA) is 294 Å². The zero-order valence-electron chi connectivity index (χ0n) is 53.4. The number of amides is 4. The van der Waals surface area contributed by atoms with Gasteiger partial charge in [0.1, 0.15) is 16.5 Å². The first-order valence-corrected chi connectivity index (χ1v) is 31.9. The minimum Gasteiger partial charge on any atom is -0.455 e. The van der Waals surface area contributed by atoms with Crippen molar-refractivity contribution in [2.75, 3.05) is 105 Å². The summed E-state index contributed by atoms with van der Waals surface area (Å²) in [7, 11) is 3.72. The average Bonchev–Trinajstić information content (AvgIpc) is 1.90. The maximum atomic E-state index is 14.4. The standard InChI is InChI=1S/C64H98N6O17S/c1-10-16-49(66-62(79)54-43-88-63(68-54)59(87-47(7)73)42-56(44(3)4)70(9)64(80)52(45(5)11-2)41-57(76)55-19-12-13-27-69(55)8)39-48-20-22-58(86-46(6)72)53(40-48)67-61(78)25-32-81-29-14-17-50(74)21-23-60(77)65-26-33-84-36-38-85-37-35-83-31-24-51(75)18-15-30-82-34-28-71/h20,22,40,43-45,49,52,55-56,59,71H,10-19,24-39,41-42H2,1-9H3,(H,65,77)(H,66,79)(H,67,78)/t45-,49+,52-,55+,56+,59+/m0/s1. The number of anilines is 1. The predicted octanol–water partition coefficient (Wildman–Crippen LogP) is 6.40. The number of carbonyl (C=O) groups is 9. The minimum absolute atomic E-state index is 0.0221. The summed E-state index contributed by atoms with van der Waals surface area (Å²) >= 11 is 1.18. The molecule has 6 atom stereocenters.